The van der Waals surface area contributed by atoms with Gasteiger partial charge in [0, 0.05) is 6.54 Å². The molecular weight excluding hydrogens is 262 g/mol. The van der Waals surface area contributed by atoms with Crippen LogP contribution in [0.5, 0.6) is 0 Å². The highest BCUT2D eigenvalue weighted by Crippen LogP contribution is 2.19. The molecule has 3 aromatic rings. The smallest absolute Gasteiger partial charge is 0.226 e. The van der Waals surface area contributed by atoms with Gasteiger partial charge in [0.15, 0.2) is 11.5 Å². The van der Waals surface area contributed by atoms with E-state index in [1.165, 1.54) is 11.1 Å². The van der Waals surface area contributed by atoms with Crippen molar-refractivity contribution in [2.24, 2.45) is 0 Å². The summed E-state index contributed by atoms with van der Waals surface area (Å²) in [5.41, 5.74) is 3.77. The van der Waals surface area contributed by atoms with Crippen LogP contribution in [0.2, 0.25) is 5.28 Å². The average Bonchev–Trinajstić information content (AvgIpc) is 2.85. The Labute approximate surface area is 115 Å². The SMILES string of the molecule is Cc1ccccc1CNc1nc(Cl)nc2nc[nH]c12. The van der Waals surface area contributed by atoms with Gasteiger partial charge in [-0.25, -0.2) is 4.98 Å². The van der Waals surface area contributed by atoms with Crippen molar-refractivity contribution in [2.45, 2.75) is 13.5 Å². The molecule has 0 saturated heterocycles. The largest absolute Gasteiger partial charge is 0.364 e. The van der Waals surface area contributed by atoms with E-state index in [-0.39, 0.29) is 5.28 Å². The molecule has 0 aliphatic heterocycles. The standard InChI is InChI=1S/C13H12ClN5/c1-8-4-2-3-5-9(8)6-15-11-10-12(17-7-16-10)19-13(14)18-11/h2-5,7H,6H2,1H3,(H2,15,16,17,18,19). The van der Waals surface area contributed by atoms with E-state index >= 15 is 0 Å². The van der Waals surface area contributed by atoms with Gasteiger partial charge in [-0.2, -0.15) is 9.97 Å². The van der Waals surface area contributed by atoms with E-state index in [0.717, 1.165) is 5.52 Å². The summed E-state index contributed by atoms with van der Waals surface area (Å²) in [7, 11) is 0. The van der Waals surface area contributed by atoms with Gasteiger partial charge in [0.25, 0.3) is 0 Å². The molecule has 0 radical (unpaired) electrons. The van der Waals surface area contributed by atoms with Crippen LogP contribution in [-0.4, -0.2) is 19.9 Å². The van der Waals surface area contributed by atoms with Crippen LogP contribution in [0.4, 0.5) is 5.82 Å². The average molecular weight is 274 g/mol. The third-order valence-electron chi connectivity index (χ3n) is 2.97. The number of fused-ring (bicyclic) bond motifs is 1. The summed E-state index contributed by atoms with van der Waals surface area (Å²) in [6.45, 7) is 2.75. The normalized spacial score (nSPS) is 10.8. The number of anilines is 1. The zero-order valence-corrected chi connectivity index (χ0v) is 11.1. The number of aromatic amines is 1. The van der Waals surface area contributed by atoms with E-state index in [4.69, 9.17) is 11.6 Å². The lowest BCUT2D eigenvalue weighted by Crippen LogP contribution is -2.04. The molecule has 0 atom stereocenters. The Balaban J connectivity index is 1.90. The summed E-state index contributed by atoms with van der Waals surface area (Å²) < 4.78 is 0. The van der Waals surface area contributed by atoms with Gasteiger partial charge in [-0.3, -0.25) is 0 Å². The fourth-order valence-corrected chi connectivity index (χ4v) is 2.09. The quantitative estimate of drug-likeness (QED) is 0.720. The van der Waals surface area contributed by atoms with E-state index < -0.39 is 0 Å². The predicted octanol–water partition coefficient (Wildman–Crippen LogP) is 2.93. The molecule has 0 saturated carbocycles. The second-order valence-electron chi connectivity index (χ2n) is 4.22. The van der Waals surface area contributed by atoms with E-state index in [1.54, 1.807) is 6.33 Å². The molecule has 0 bridgehead atoms. The molecule has 3 rings (SSSR count). The molecule has 2 aromatic heterocycles. The Morgan fingerprint density at radius 1 is 1.26 bits per heavy atom. The Morgan fingerprint density at radius 3 is 2.95 bits per heavy atom. The molecule has 0 fully saturated rings. The van der Waals surface area contributed by atoms with Gasteiger partial charge < -0.3 is 10.3 Å². The summed E-state index contributed by atoms with van der Waals surface area (Å²) >= 11 is 5.88. The van der Waals surface area contributed by atoms with E-state index in [9.17, 15) is 0 Å². The first-order valence-corrected chi connectivity index (χ1v) is 6.27. The molecule has 5 nitrogen and oxygen atoms in total. The van der Waals surface area contributed by atoms with E-state index in [2.05, 4.69) is 44.3 Å². The zero-order chi connectivity index (χ0) is 13.2. The van der Waals surface area contributed by atoms with Crippen molar-refractivity contribution in [1.29, 1.82) is 0 Å². The lowest BCUT2D eigenvalue weighted by molar-refractivity contribution is 1.08. The molecule has 0 spiro atoms. The topological polar surface area (TPSA) is 66.5 Å². The van der Waals surface area contributed by atoms with Crippen LogP contribution in [0.3, 0.4) is 0 Å². The summed E-state index contributed by atoms with van der Waals surface area (Å²) in [5.74, 6) is 0.663. The predicted molar refractivity (Wildman–Crippen MR) is 75.2 cm³/mol. The van der Waals surface area contributed by atoms with Gasteiger partial charge in [0.05, 0.1) is 6.33 Å². The highest BCUT2D eigenvalue weighted by Gasteiger charge is 2.08. The summed E-state index contributed by atoms with van der Waals surface area (Å²) in [6.07, 6.45) is 1.58. The molecule has 0 amide bonds. The second-order valence-corrected chi connectivity index (χ2v) is 4.56. The number of rotatable bonds is 3. The third-order valence-corrected chi connectivity index (χ3v) is 3.13. The Kier molecular flexibility index (Phi) is 3.05. The number of imidazole rings is 1. The lowest BCUT2D eigenvalue weighted by Gasteiger charge is -2.08. The van der Waals surface area contributed by atoms with Crippen molar-refractivity contribution < 1.29 is 0 Å². The van der Waals surface area contributed by atoms with Crippen LogP contribution in [0.15, 0.2) is 30.6 Å². The van der Waals surface area contributed by atoms with Gasteiger partial charge in [-0.1, -0.05) is 24.3 Å². The maximum absolute atomic E-state index is 5.88. The second kappa shape index (κ2) is 4.85. The lowest BCUT2D eigenvalue weighted by atomic mass is 10.1. The van der Waals surface area contributed by atoms with Crippen molar-refractivity contribution in [3.8, 4) is 0 Å². The number of nitrogens with zero attached hydrogens (tertiary/aromatic N) is 3. The number of aromatic nitrogens is 4. The van der Waals surface area contributed by atoms with Crippen molar-refractivity contribution >= 4 is 28.6 Å². The fourth-order valence-electron chi connectivity index (χ4n) is 1.92. The van der Waals surface area contributed by atoms with Gasteiger partial charge in [0.2, 0.25) is 5.28 Å². The van der Waals surface area contributed by atoms with Gasteiger partial charge >= 0.3 is 0 Å². The maximum atomic E-state index is 5.88. The summed E-state index contributed by atoms with van der Waals surface area (Å²) in [4.78, 5) is 15.3. The molecule has 96 valence electrons. The van der Waals surface area contributed by atoms with Gasteiger partial charge in [0.1, 0.15) is 5.52 Å². The zero-order valence-electron chi connectivity index (χ0n) is 10.3. The van der Waals surface area contributed by atoms with Crippen LogP contribution >= 0.6 is 11.6 Å². The molecular formula is C13H12ClN5. The Hall–Kier alpha value is -2.14. The Morgan fingerprint density at radius 2 is 2.11 bits per heavy atom. The monoisotopic (exact) mass is 273 g/mol. The summed E-state index contributed by atoms with van der Waals surface area (Å²) in [6, 6.07) is 8.20. The van der Waals surface area contributed by atoms with Crippen molar-refractivity contribution in [1.82, 2.24) is 19.9 Å². The number of aryl methyl sites for hydroxylation is 1. The number of hydrogen-bond donors (Lipinski definition) is 2. The highest BCUT2D eigenvalue weighted by atomic mass is 35.5. The first kappa shape index (κ1) is 11.9. The number of halogens is 1. The van der Waals surface area contributed by atoms with Crippen LogP contribution in [0, 0.1) is 6.92 Å². The Bertz CT molecular complexity index is 722. The van der Waals surface area contributed by atoms with Crippen LogP contribution in [0.1, 0.15) is 11.1 Å². The van der Waals surface area contributed by atoms with Crippen LogP contribution in [-0.2, 0) is 6.54 Å². The number of H-pyrrole nitrogens is 1. The molecule has 1 aromatic carbocycles. The van der Waals surface area contributed by atoms with Crippen molar-refractivity contribution in [2.75, 3.05) is 5.32 Å². The number of hydrogen-bond acceptors (Lipinski definition) is 4. The van der Waals surface area contributed by atoms with Crippen molar-refractivity contribution in [3.05, 3.63) is 47.0 Å². The maximum Gasteiger partial charge on any atom is 0.226 e. The van der Waals surface area contributed by atoms with Gasteiger partial charge in [-0.05, 0) is 29.7 Å². The molecule has 2 N–H and O–H groups in total. The molecule has 19 heavy (non-hydrogen) atoms. The molecule has 0 aliphatic carbocycles. The highest BCUT2D eigenvalue weighted by molar-refractivity contribution is 6.28. The van der Waals surface area contributed by atoms with E-state index in [0.29, 0.717) is 18.0 Å². The first-order valence-electron chi connectivity index (χ1n) is 5.89. The minimum atomic E-state index is 0.187. The summed E-state index contributed by atoms with van der Waals surface area (Å²) in [5, 5.41) is 3.45. The fraction of sp³-hybridized carbons (Fsp3) is 0.154. The number of benzene rings is 1. The first-order chi connectivity index (χ1) is 9.24. The minimum Gasteiger partial charge on any atom is -0.364 e. The number of nitrogens with one attached hydrogen (secondary N) is 2. The molecule has 0 aliphatic rings. The minimum absolute atomic E-state index is 0.187. The van der Waals surface area contributed by atoms with Crippen LogP contribution in [0.25, 0.3) is 11.2 Å². The van der Waals surface area contributed by atoms with Crippen molar-refractivity contribution in [3.63, 3.8) is 0 Å². The van der Waals surface area contributed by atoms with Gasteiger partial charge in [-0.15, -0.1) is 0 Å². The molecule has 0 unspecified atom stereocenters. The van der Waals surface area contributed by atoms with Crippen LogP contribution < -0.4 is 5.32 Å². The molecule has 2 heterocycles. The molecule has 6 heteroatoms. The third kappa shape index (κ3) is 2.37. The van der Waals surface area contributed by atoms with E-state index in [1.807, 2.05) is 12.1 Å².